The second-order valence-electron chi connectivity index (χ2n) is 7.11. The van der Waals surface area contributed by atoms with Gasteiger partial charge in [-0.1, -0.05) is 23.7 Å². The molecule has 1 aliphatic rings. The number of nitrogens with zero attached hydrogens (tertiary/aromatic N) is 3. The molecule has 146 valence electrons. The summed E-state index contributed by atoms with van der Waals surface area (Å²) < 4.78 is 2.13. The van der Waals surface area contributed by atoms with Crippen LogP contribution < -0.4 is 10.6 Å². The average Bonchev–Trinajstić information content (AvgIpc) is 3.35. The van der Waals surface area contributed by atoms with Gasteiger partial charge in [0.25, 0.3) is 0 Å². The van der Waals surface area contributed by atoms with Crippen LogP contribution in [0.2, 0.25) is 5.02 Å². The molecule has 2 amide bonds. The zero-order valence-corrected chi connectivity index (χ0v) is 16.2. The number of anilines is 1. The molecule has 0 radical (unpaired) electrons. The first-order chi connectivity index (χ1) is 13.6. The Hall–Kier alpha value is -2.64. The lowest BCUT2D eigenvalue weighted by atomic mass is 9.94. The monoisotopic (exact) mass is 399 g/mol. The highest BCUT2D eigenvalue weighted by molar-refractivity contribution is 6.30. The van der Waals surface area contributed by atoms with Gasteiger partial charge >= 0.3 is 6.03 Å². The lowest BCUT2D eigenvalue weighted by Gasteiger charge is -2.19. The maximum absolute atomic E-state index is 11.6. The zero-order chi connectivity index (χ0) is 19.7. The van der Waals surface area contributed by atoms with Crippen LogP contribution in [0.5, 0.6) is 0 Å². The quantitative estimate of drug-likeness (QED) is 0.620. The first kappa shape index (κ1) is 18.7. The largest absolute Gasteiger partial charge is 0.388 e. The van der Waals surface area contributed by atoms with Crippen molar-refractivity contribution in [2.24, 2.45) is 5.92 Å². The Morgan fingerprint density at radius 2 is 2.04 bits per heavy atom. The molecule has 2 heterocycles. The van der Waals surface area contributed by atoms with Crippen LogP contribution in [-0.2, 0) is 0 Å². The third-order valence-corrected chi connectivity index (χ3v) is 5.72. The minimum atomic E-state index is -0.510. The lowest BCUT2D eigenvalue weighted by molar-refractivity contribution is 0.109. The molecule has 1 aromatic carbocycles. The number of hydrogen-bond acceptors (Lipinski definition) is 4. The van der Waals surface area contributed by atoms with E-state index in [4.69, 9.17) is 11.6 Å². The second kappa shape index (κ2) is 7.77. The van der Waals surface area contributed by atoms with E-state index >= 15 is 0 Å². The van der Waals surface area contributed by atoms with Crippen LogP contribution in [0.3, 0.4) is 0 Å². The fourth-order valence-electron chi connectivity index (χ4n) is 4.00. The van der Waals surface area contributed by atoms with Crippen LogP contribution in [0, 0.1) is 5.92 Å². The van der Waals surface area contributed by atoms with Crippen molar-refractivity contribution in [3.05, 3.63) is 53.4 Å². The second-order valence-corrected chi connectivity index (χ2v) is 7.55. The van der Waals surface area contributed by atoms with E-state index in [1.54, 1.807) is 7.05 Å². The summed E-state index contributed by atoms with van der Waals surface area (Å²) in [5.74, 6) is 0.660. The number of urea groups is 1. The van der Waals surface area contributed by atoms with Gasteiger partial charge < -0.3 is 15.0 Å². The summed E-state index contributed by atoms with van der Waals surface area (Å²) in [6.07, 6.45) is 5.68. The van der Waals surface area contributed by atoms with Crippen LogP contribution in [-0.4, -0.2) is 32.7 Å². The Labute approximate surface area is 167 Å². The van der Waals surface area contributed by atoms with Crippen LogP contribution in [0.1, 0.15) is 37.0 Å². The van der Waals surface area contributed by atoms with Crippen LogP contribution in [0.4, 0.5) is 10.6 Å². The summed E-state index contributed by atoms with van der Waals surface area (Å²) in [6, 6.07) is 9.23. The molecule has 8 heteroatoms. The van der Waals surface area contributed by atoms with E-state index in [-0.39, 0.29) is 18.0 Å². The van der Waals surface area contributed by atoms with Crippen molar-refractivity contribution < 1.29 is 9.90 Å². The number of benzene rings is 1. The highest BCUT2D eigenvalue weighted by Crippen LogP contribution is 2.42. The normalized spacial score (nSPS) is 20.2. The van der Waals surface area contributed by atoms with Crippen molar-refractivity contribution in [3.63, 3.8) is 0 Å². The molecule has 3 unspecified atom stereocenters. The predicted octanol–water partition coefficient (Wildman–Crippen LogP) is 3.91. The number of carbonyl (C=O) groups excluding carboxylic acids is 1. The van der Waals surface area contributed by atoms with E-state index in [1.807, 2.05) is 36.5 Å². The molecule has 1 fully saturated rings. The van der Waals surface area contributed by atoms with E-state index in [0.717, 1.165) is 35.9 Å². The molecule has 0 bridgehead atoms. The molecule has 4 rings (SSSR count). The molecule has 0 aliphatic heterocycles. The van der Waals surface area contributed by atoms with E-state index in [2.05, 4.69) is 25.2 Å². The van der Waals surface area contributed by atoms with E-state index in [9.17, 15) is 9.90 Å². The minimum Gasteiger partial charge on any atom is -0.388 e. The minimum absolute atomic E-state index is 0.175. The molecule has 3 N–H and O–H groups in total. The van der Waals surface area contributed by atoms with Gasteiger partial charge in [-0.3, -0.25) is 5.32 Å². The van der Waals surface area contributed by atoms with Gasteiger partial charge in [-0.25, -0.2) is 14.8 Å². The molecule has 2 aromatic heterocycles. The molecule has 0 spiro atoms. The Kier molecular flexibility index (Phi) is 5.19. The molecular weight excluding hydrogens is 378 g/mol. The van der Waals surface area contributed by atoms with E-state index in [0.29, 0.717) is 10.8 Å². The Morgan fingerprint density at radius 1 is 1.25 bits per heavy atom. The predicted molar refractivity (Wildman–Crippen MR) is 108 cm³/mol. The summed E-state index contributed by atoms with van der Waals surface area (Å²) in [5, 5.41) is 17.5. The molecule has 1 saturated carbocycles. The number of nitrogens with one attached hydrogen (secondary N) is 2. The van der Waals surface area contributed by atoms with E-state index in [1.165, 1.54) is 6.33 Å². The smallest absolute Gasteiger partial charge is 0.320 e. The molecule has 3 atom stereocenters. The first-order valence-electron chi connectivity index (χ1n) is 9.30. The van der Waals surface area contributed by atoms with Gasteiger partial charge in [0.2, 0.25) is 0 Å². The highest BCUT2D eigenvalue weighted by atomic mass is 35.5. The fraction of sp³-hybridized carbons (Fsp3) is 0.350. The summed E-state index contributed by atoms with van der Waals surface area (Å²) in [6.45, 7) is 0. The molecule has 28 heavy (non-hydrogen) atoms. The maximum atomic E-state index is 11.6. The molecule has 7 nitrogen and oxygen atoms in total. The lowest BCUT2D eigenvalue weighted by Crippen LogP contribution is -2.25. The van der Waals surface area contributed by atoms with Crippen LogP contribution in [0.15, 0.2) is 42.9 Å². The number of amides is 2. The first-order valence-corrected chi connectivity index (χ1v) is 9.68. The number of aliphatic hydroxyl groups excluding tert-OH is 1. The zero-order valence-electron chi connectivity index (χ0n) is 15.5. The fourth-order valence-corrected chi connectivity index (χ4v) is 4.12. The van der Waals surface area contributed by atoms with Crippen LogP contribution >= 0.6 is 11.6 Å². The summed E-state index contributed by atoms with van der Waals surface area (Å²) in [4.78, 5) is 20.2. The van der Waals surface area contributed by atoms with Crippen molar-refractivity contribution >= 4 is 34.5 Å². The number of rotatable bonds is 4. The van der Waals surface area contributed by atoms with Gasteiger partial charge in [0, 0.05) is 24.3 Å². The van der Waals surface area contributed by atoms with Gasteiger partial charge in [0.05, 0.1) is 11.5 Å². The van der Waals surface area contributed by atoms with Crippen molar-refractivity contribution in [3.8, 4) is 0 Å². The Balaban J connectivity index is 1.54. The SMILES string of the molecule is CNC(=O)Nc1ncnc2c1ccn2C1CCC(C(O)c2ccc(Cl)cc2)C1. The summed E-state index contributed by atoms with van der Waals surface area (Å²) in [5.41, 5.74) is 1.68. The number of hydrogen-bond donors (Lipinski definition) is 3. The summed E-state index contributed by atoms with van der Waals surface area (Å²) in [7, 11) is 1.56. The van der Waals surface area contributed by atoms with Crippen molar-refractivity contribution in [2.75, 3.05) is 12.4 Å². The molecular formula is C20H22ClN5O2. The Bertz CT molecular complexity index is 988. The maximum Gasteiger partial charge on any atom is 0.320 e. The molecule has 0 saturated heterocycles. The Morgan fingerprint density at radius 3 is 2.79 bits per heavy atom. The van der Waals surface area contributed by atoms with Gasteiger partial charge in [-0.15, -0.1) is 0 Å². The number of aliphatic hydroxyl groups is 1. The molecule has 3 aromatic rings. The number of fused-ring (bicyclic) bond motifs is 1. The topological polar surface area (TPSA) is 92.1 Å². The van der Waals surface area contributed by atoms with Gasteiger partial charge in [0.15, 0.2) is 0 Å². The third-order valence-electron chi connectivity index (χ3n) is 5.47. The van der Waals surface area contributed by atoms with Gasteiger partial charge in [-0.2, -0.15) is 0 Å². The van der Waals surface area contributed by atoms with E-state index < -0.39 is 6.10 Å². The van der Waals surface area contributed by atoms with Gasteiger partial charge in [0.1, 0.15) is 17.8 Å². The number of halogens is 1. The number of aromatic nitrogens is 3. The molecule has 1 aliphatic carbocycles. The van der Waals surface area contributed by atoms with Gasteiger partial charge in [-0.05, 0) is 48.9 Å². The van der Waals surface area contributed by atoms with Crippen molar-refractivity contribution in [1.29, 1.82) is 0 Å². The highest BCUT2D eigenvalue weighted by Gasteiger charge is 2.32. The standard InChI is InChI=1S/C20H22ClN5O2/c1-22-20(28)25-18-16-8-9-26(19(16)24-11-23-18)15-7-4-13(10-15)17(27)12-2-5-14(21)6-3-12/h2-3,5-6,8-9,11,13,15,17,27H,4,7,10H2,1H3,(H2,22,23,24,25,28). The van der Waals surface area contributed by atoms with Crippen molar-refractivity contribution in [2.45, 2.75) is 31.4 Å². The average molecular weight is 400 g/mol. The summed E-state index contributed by atoms with van der Waals surface area (Å²) >= 11 is 5.95. The van der Waals surface area contributed by atoms with Crippen molar-refractivity contribution in [1.82, 2.24) is 19.9 Å². The van der Waals surface area contributed by atoms with Crippen LogP contribution in [0.25, 0.3) is 11.0 Å². The third kappa shape index (κ3) is 3.55. The number of carbonyl (C=O) groups is 1.